The zero-order chi connectivity index (χ0) is 15.9. The molecule has 1 atom stereocenters. The van der Waals surface area contributed by atoms with E-state index in [1.54, 1.807) is 27.0 Å². The summed E-state index contributed by atoms with van der Waals surface area (Å²) in [5.74, 6) is -0.362. The van der Waals surface area contributed by atoms with Crippen LogP contribution in [-0.2, 0) is 14.3 Å². The summed E-state index contributed by atoms with van der Waals surface area (Å²) >= 11 is 0. The molecule has 0 bridgehead atoms. The third kappa shape index (κ3) is 5.90. The molecular formula is C17H23NO3. The van der Waals surface area contributed by atoms with Crippen molar-refractivity contribution in [2.75, 3.05) is 0 Å². The number of esters is 1. The van der Waals surface area contributed by atoms with Gasteiger partial charge in [0.2, 0.25) is 0 Å². The number of hydrogen-bond donors (Lipinski definition) is 0. The average molecular weight is 289 g/mol. The Morgan fingerprint density at radius 3 is 2.43 bits per heavy atom. The molecule has 0 saturated heterocycles. The lowest BCUT2D eigenvalue weighted by atomic mass is 9.95. The highest BCUT2D eigenvalue weighted by Gasteiger charge is 2.34. The van der Waals surface area contributed by atoms with Gasteiger partial charge < -0.3 is 9.53 Å². The summed E-state index contributed by atoms with van der Waals surface area (Å²) in [6.07, 6.45) is 2.09. The number of Topliss-reactive ketones (excluding diaryl/α,β-unsaturated/α-hetero) is 1. The predicted molar refractivity (Wildman–Crippen MR) is 83.6 cm³/mol. The number of carbonyl (C=O) groups is 2. The molecule has 0 saturated carbocycles. The van der Waals surface area contributed by atoms with Crippen LogP contribution in [0.5, 0.6) is 0 Å². The molecule has 1 rings (SSSR count). The van der Waals surface area contributed by atoms with Crippen molar-refractivity contribution >= 4 is 18.0 Å². The normalized spacial score (nSPS) is 14.1. The molecule has 114 valence electrons. The van der Waals surface area contributed by atoms with Crippen LogP contribution in [0.4, 0.5) is 0 Å². The lowest BCUT2D eigenvalue weighted by Gasteiger charge is -2.24. The Morgan fingerprint density at radius 1 is 1.29 bits per heavy atom. The van der Waals surface area contributed by atoms with Crippen LogP contribution in [-0.4, -0.2) is 29.6 Å². The highest BCUT2D eigenvalue weighted by Crippen LogP contribution is 2.21. The Kier molecular flexibility index (Phi) is 6.28. The van der Waals surface area contributed by atoms with Gasteiger partial charge in [0, 0.05) is 12.6 Å². The quantitative estimate of drug-likeness (QED) is 0.572. The molecule has 1 aromatic carbocycles. The van der Waals surface area contributed by atoms with Crippen molar-refractivity contribution in [1.29, 1.82) is 0 Å². The van der Waals surface area contributed by atoms with Gasteiger partial charge in [-0.2, -0.15) is 0 Å². The van der Waals surface area contributed by atoms with Crippen LogP contribution in [0, 0.1) is 0 Å². The third-order valence-corrected chi connectivity index (χ3v) is 3.04. The second-order valence-corrected chi connectivity index (χ2v) is 5.60. The van der Waals surface area contributed by atoms with E-state index in [0.717, 1.165) is 5.56 Å². The summed E-state index contributed by atoms with van der Waals surface area (Å²) in [7, 11) is 0. The van der Waals surface area contributed by atoms with Gasteiger partial charge in [0.25, 0.3) is 0 Å². The first-order valence-corrected chi connectivity index (χ1v) is 7.14. The SMILES string of the molecule is CC(=O)CCC(C)(N=Cc1ccccc1)C(=O)OC(C)C. The van der Waals surface area contributed by atoms with E-state index in [1.165, 1.54) is 6.92 Å². The van der Waals surface area contributed by atoms with Crippen LogP contribution in [0.15, 0.2) is 35.3 Å². The molecule has 0 aliphatic carbocycles. The smallest absolute Gasteiger partial charge is 0.333 e. The van der Waals surface area contributed by atoms with Crippen LogP contribution in [0.1, 0.15) is 46.1 Å². The minimum absolute atomic E-state index is 0.0356. The first-order chi connectivity index (χ1) is 9.83. The Bertz CT molecular complexity index is 508. The lowest BCUT2D eigenvalue weighted by molar-refractivity contribution is -0.153. The summed E-state index contributed by atoms with van der Waals surface area (Å²) in [5.41, 5.74) is -0.130. The molecular weight excluding hydrogens is 266 g/mol. The Morgan fingerprint density at radius 2 is 1.90 bits per heavy atom. The largest absolute Gasteiger partial charge is 0.461 e. The van der Waals surface area contributed by atoms with Crippen LogP contribution in [0.2, 0.25) is 0 Å². The topological polar surface area (TPSA) is 55.7 Å². The molecule has 0 amide bonds. The monoisotopic (exact) mass is 289 g/mol. The van der Waals surface area contributed by atoms with Crippen molar-refractivity contribution in [1.82, 2.24) is 0 Å². The van der Waals surface area contributed by atoms with Gasteiger partial charge in [-0.15, -0.1) is 0 Å². The van der Waals surface area contributed by atoms with Crippen LogP contribution in [0.25, 0.3) is 0 Å². The maximum atomic E-state index is 12.3. The Balaban J connectivity index is 2.92. The maximum Gasteiger partial charge on any atom is 0.333 e. The highest BCUT2D eigenvalue weighted by atomic mass is 16.5. The number of carbonyl (C=O) groups excluding carboxylic acids is 2. The van der Waals surface area contributed by atoms with Gasteiger partial charge >= 0.3 is 5.97 Å². The Labute approximate surface area is 126 Å². The van der Waals surface area contributed by atoms with Gasteiger partial charge in [-0.3, -0.25) is 4.99 Å². The molecule has 4 nitrogen and oxygen atoms in total. The van der Waals surface area contributed by atoms with Gasteiger partial charge in [-0.05, 0) is 39.7 Å². The fraction of sp³-hybridized carbons (Fsp3) is 0.471. The molecule has 0 heterocycles. The maximum absolute atomic E-state index is 12.3. The van der Waals surface area contributed by atoms with E-state index in [1.807, 2.05) is 30.3 Å². The van der Waals surface area contributed by atoms with Crippen LogP contribution >= 0.6 is 0 Å². The molecule has 0 N–H and O–H groups in total. The van der Waals surface area contributed by atoms with Crippen molar-refractivity contribution in [3.05, 3.63) is 35.9 Å². The van der Waals surface area contributed by atoms with Crippen molar-refractivity contribution in [3.8, 4) is 0 Å². The number of ketones is 1. The van der Waals surface area contributed by atoms with E-state index in [9.17, 15) is 9.59 Å². The first-order valence-electron chi connectivity index (χ1n) is 7.14. The van der Waals surface area contributed by atoms with Gasteiger partial charge in [-0.1, -0.05) is 30.3 Å². The number of rotatable bonds is 7. The van der Waals surface area contributed by atoms with Crippen molar-refractivity contribution < 1.29 is 14.3 Å². The molecule has 0 fully saturated rings. The average Bonchev–Trinajstić information content (AvgIpc) is 2.43. The highest BCUT2D eigenvalue weighted by molar-refractivity contribution is 5.87. The summed E-state index contributed by atoms with van der Waals surface area (Å²) in [6, 6.07) is 9.53. The molecule has 21 heavy (non-hydrogen) atoms. The summed E-state index contributed by atoms with van der Waals surface area (Å²) < 4.78 is 5.27. The summed E-state index contributed by atoms with van der Waals surface area (Å²) in [5, 5.41) is 0. The predicted octanol–water partition coefficient (Wildman–Crippen LogP) is 3.19. The molecule has 4 heteroatoms. The number of benzene rings is 1. The van der Waals surface area contributed by atoms with E-state index in [2.05, 4.69) is 4.99 Å². The zero-order valence-corrected chi connectivity index (χ0v) is 13.1. The second-order valence-electron chi connectivity index (χ2n) is 5.60. The standard InChI is InChI=1S/C17H23NO3/c1-13(2)21-16(20)17(4,11-10-14(3)19)18-12-15-8-6-5-7-9-15/h5-9,12-13H,10-11H2,1-4H3. The van der Waals surface area contributed by atoms with Gasteiger partial charge in [-0.25, -0.2) is 4.79 Å². The third-order valence-electron chi connectivity index (χ3n) is 3.04. The van der Waals surface area contributed by atoms with Crippen molar-refractivity contribution in [3.63, 3.8) is 0 Å². The van der Waals surface area contributed by atoms with Gasteiger partial charge in [0.15, 0.2) is 5.54 Å². The zero-order valence-electron chi connectivity index (χ0n) is 13.1. The molecule has 0 aromatic heterocycles. The first kappa shape index (κ1) is 17.1. The molecule has 0 spiro atoms. The molecule has 1 unspecified atom stereocenters. The van der Waals surface area contributed by atoms with E-state index in [0.29, 0.717) is 12.8 Å². The number of nitrogens with zero attached hydrogens (tertiary/aromatic N) is 1. The minimum atomic E-state index is -1.04. The van der Waals surface area contributed by atoms with E-state index in [4.69, 9.17) is 4.74 Å². The number of ether oxygens (including phenoxy) is 1. The van der Waals surface area contributed by atoms with Gasteiger partial charge in [0.1, 0.15) is 5.78 Å². The van der Waals surface area contributed by atoms with E-state index in [-0.39, 0.29) is 11.9 Å². The van der Waals surface area contributed by atoms with Crippen molar-refractivity contribution in [2.24, 2.45) is 4.99 Å². The van der Waals surface area contributed by atoms with Crippen LogP contribution < -0.4 is 0 Å². The van der Waals surface area contributed by atoms with Crippen molar-refractivity contribution in [2.45, 2.75) is 52.2 Å². The Hall–Kier alpha value is -1.97. The fourth-order valence-corrected chi connectivity index (χ4v) is 1.74. The van der Waals surface area contributed by atoms with Crippen LogP contribution in [0.3, 0.4) is 0 Å². The molecule has 0 radical (unpaired) electrons. The molecule has 1 aromatic rings. The second kappa shape index (κ2) is 7.72. The number of hydrogen-bond acceptors (Lipinski definition) is 4. The summed E-state index contributed by atoms with van der Waals surface area (Å²) in [4.78, 5) is 27.9. The number of aliphatic imine (C=N–C) groups is 1. The van der Waals surface area contributed by atoms with Gasteiger partial charge in [0.05, 0.1) is 6.10 Å². The minimum Gasteiger partial charge on any atom is -0.461 e. The molecule has 0 aliphatic heterocycles. The van der Waals surface area contributed by atoms with E-state index >= 15 is 0 Å². The fourth-order valence-electron chi connectivity index (χ4n) is 1.74. The molecule has 0 aliphatic rings. The van der Waals surface area contributed by atoms with E-state index < -0.39 is 11.5 Å². The summed E-state index contributed by atoms with van der Waals surface area (Å²) in [6.45, 7) is 6.81. The lowest BCUT2D eigenvalue weighted by Crippen LogP contribution is -2.37.